The molecule has 0 unspecified atom stereocenters. The van der Waals surface area contributed by atoms with Crippen molar-refractivity contribution >= 4 is 5.78 Å². The maximum Gasteiger partial charge on any atom is 0.416 e. The van der Waals surface area contributed by atoms with Crippen LogP contribution < -0.4 is 4.74 Å². The second-order valence-electron chi connectivity index (χ2n) is 3.79. The number of halogens is 5. The lowest BCUT2D eigenvalue weighted by atomic mass is 9.98. The molecular weight excluding hydrogens is 271 g/mol. The number of hydrogen-bond donors (Lipinski definition) is 0. The molecule has 2 nitrogen and oxygen atoms in total. The second kappa shape index (κ2) is 5.54. The van der Waals surface area contributed by atoms with E-state index in [1.165, 1.54) is 6.92 Å². The summed E-state index contributed by atoms with van der Waals surface area (Å²) in [4.78, 5) is 11.2. The first-order chi connectivity index (χ1) is 8.66. The van der Waals surface area contributed by atoms with Crippen molar-refractivity contribution in [2.45, 2.75) is 33.1 Å². The van der Waals surface area contributed by atoms with Crippen molar-refractivity contribution in [2.24, 2.45) is 0 Å². The average Bonchev–Trinajstić information content (AvgIpc) is 2.25. The van der Waals surface area contributed by atoms with E-state index in [2.05, 4.69) is 4.74 Å². The van der Waals surface area contributed by atoms with Crippen molar-refractivity contribution < 1.29 is 31.5 Å². The van der Waals surface area contributed by atoms with Crippen LogP contribution in [0.3, 0.4) is 0 Å². The molecule has 1 aromatic rings. The topological polar surface area (TPSA) is 26.3 Å². The van der Waals surface area contributed by atoms with E-state index in [-0.39, 0.29) is 12.0 Å². The fourth-order valence-electron chi connectivity index (χ4n) is 1.67. The number of ether oxygens (including phenoxy) is 1. The van der Waals surface area contributed by atoms with Gasteiger partial charge < -0.3 is 4.74 Å². The summed E-state index contributed by atoms with van der Waals surface area (Å²) in [6.45, 7) is -0.822. The molecule has 1 aromatic carbocycles. The predicted octanol–water partition coefficient (Wildman–Crippen LogP) is 4.07. The van der Waals surface area contributed by atoms with E-state index in [4.69, 9.17) is 0 Å². The standard InChI is InChI=1S/C12H11F5O2/c1-3-8-9(12(15,16)17)4-7(6(2)18)5-10(8)19-11(13)14/h4-5,11H,3H2,1-2H3. The Morgan fingerprint density at radius 1 is 1.32 bits per heavy atom. The van der Waals surface area contributed by atoms with Crippen molar-refractivity contribution in [1.29, 1.82) is 0 Å². The lowest BCUT2D eigenvalue weighted by Crippen LogP contribution is -2.14. The van der Waals surface area contributed by atoms with Gasteiger partial charge in [-0.25, -0.2) is 0 Å². The summed E-state index contributed by atoms with van der Waals surface area (Å²) in [5, 5.41) is 0. The number of Topliss-reactive ketones (excluding diaryl/α,β-unsaturated/α-hetero) is 1. The van der Waals surface area contributed by atoms with E-state index >= 15 is 0 Å². The van der Waals surface area contributed by atoms with Gasteiger partial charge in [0.2, 0.25) is 0 Å². The minimum absolute atomic E-state index is 0.144. The second-order valence-corrected chi connectivity index (χ2v) is 3.79. The molecule has 0 N–H and O–H groups in total. The molecule has 0 heterocycles. The highest BCUT2D eigenvalue weighted by Crippen LogP contribution is 2.38. The molecule has 0 atom stereocenters. The molecule has 0 aliphatic carbocycles. The SMILES string of the molecule is CCc1c(OC(F)F)cc(C(C)=O)cc1C(F)(F)F. The molecule has 0 saturated carbocycles. The van der Waals surface area contributed by atoms with Gasteiger partial charge in [0.15, 0.2) is 5.78 Å². The fourth-order valence-corrected chi connectivity index (χ4v) is 1.67. The summed E-state index contributed by atoms with van der Waals surface area (Å²) in [6.07, 6.45) is -4.88. The van der Waals surface area contributed by atoms with E-state index in [1.807, 2.05) is 0 Å². The molecule has 0 saturated heterocycles. The molecule has 7 heteroatoms. The van der Waals surface area contributed by atoms with Gasteiger partial charge in [0, 0.05) is 11.1 Å². The molecule has 0 bridgehead atoms. The first kappa shape index (κ1) is 15.4. The highest BCUT2D eigenvalue weighted by molar-refractivity contribution is 5.95. The van der Waals surface area contributed by atoms with E-state index < -0.39 is 35.4 Å². The van der Waals surface area contributed by atoms with Gasteiger partial charge in [-0.2, -0.15) is 22.0 Å². The highest BCUT2D eigenvalue weighted by atomic mass is 19.4. The molecule has 1 rings (SSSR count). The van der Waals surface area contributed by atoms with Crippen LogP contribution in [0.25, 0.3) is 0 Å². The Bertz CT molecular complexity index is 480. The molecular formula is C12H11F5O2. The zero-order valence-electron chi connectivity index (χ0n) is 10.1. The maximum atomic E-state index is 12.8. The fraction of sp³-hybridized carbons (Fsp3) is 0.417. The first-order valence-electron chi connectivity index (χ1n) is 5.36. The van der Waals surface area contributed by atoms with Crippen LogP contribution in [0, 0.1) is 0 Å². The summed E-state index contributed by atoms with van der Waals surface area (Å²) < 4.78 is 67.0. The smallest absolute Gasteiger partial charge is 0.416 e. The Labute approximate surface area is 106 Å². The number of hydrogen-bond acceptors (Lipinski definition) is 2. The highest BCUT2D eigenvalue weighted by Gasteiger charge is 2.35. The third-order valence-corrected chi connectivity index (χ3v) is 2.49. The van der Waals surface area contributed by atoms with Gasteiger partial charge in [-0.3, -0.25) is 4.79 Å². The molecule has 0 aliphatic rings. The normalized spacial score (nSPS) is 11.8. The van der Waals surface area contributed by atoms with Gasteiger partial charge in [-0.05, 0) is 25.5 Å². The van der Waals surface area contributed by atoms with Crippen LogP contribution in [0.15, 0.2) is 12.1 Å². The number of carbonyl (C=O) groups is 1. The van der Waals surface area contributed by atoms with Crippen LogP contribution in [0.2, 0.25) is 0 Å². The lowest BCUT2D eigenvalue weighted by molar-refractivity contribution is -0.138. The largest absolute Gasteiger partial charge is 0.435 e. The number of ketones is 1. The number of alkyl halides is 5. The van der Waals surface area contributed by atoms with Gasteiger partial charge in [0.1, 0.15) is 5.75 Å². The van der Waals surface area contributed by atoms with Gasteiger partial charge in [0.25, 0.3) is 0 Å². The summed E-state index contributed by atoms with van der Waals surface area (Å²) in [6, 6.07) is 1.56. The van der Waals surface area contributed by atoms with E-state index in [0.29, 0.717) is 6.07 Å². The minimum Gasteiger partial charge on any atom is -0.435 e. The third kappa shape index (κ3) is 3.65. The molecule has 19 heavy (non-hydrogen) atoms. The van der Waals surface area contributed by atoms with Gasteiger partial charge >= 0.3 is 12.8 Å². The number of benzene rings is 1. The van der Waals surface area contributed by atoms with Gasteiger partial charge in [-0.15, -0.1) is 0 Å². The summed E-state index contributed by atoms with van der Waals surface area (Å²) in [7, 11) is 0. The van der Waals surface area contributed by atoms with E-state index in [1.54, 1.807) is 0 Å². The van der Waals surface area contributed by atoms with Crippen LogP contribution in [-0.2, 0) is 12.6 Å². The van der Waals surface area contributed by atoms with Crippen molar-refractivity contribution in [1.82, 2.24) is 0 Å². The van der Waals surface area contributed by atoms with Gasteiger partial charge in [0.05, 0.1) is 5.56 Å². The maximum absolute atomic E-state index is 12.8. The Morgan fingerprint density at radius 3 is 2.26 bits per heavy atom. The Morgan fingerprint density at radius 2 is 1.89 bits per heavy atom. The molecule has 0 radical (unpaired) electrons. The molecule has 0 amide bonds. The lowest BCUT2D eigenvalue weighted by Gasteiger charge is -2.17. The van der Waals surface area contributed by atoms with E-state index in [0.717, 1.165) is 13.0 Å². The number of rotatable bonds is 4. The van der Waals surface area contributed by atoms with E-state index in [9.17, 15) is 26.7 Å². The quantitative estimate of drug-likeness (QED) is 0.614. The Hall–Kier alpha value is -1.66. The summed E-state index contributed by atoms with van der Waals surface area (Å²) >= 11 is 0. The predicted molar refractivity (Wildman–Crippen MR) is 57.5 cm³/mol. The van der Waals surface area contributed by atoms with Crippen LogP contribution in [-0.4, -0.2) is 12.4 Å². The molecule has 0 aliphatic heterocycles. The van der Waals surface area contributed by atoms with Crippen LogP contribution >= 0.6 is 0 Å². The third-order valence-electron chi connectivity index (χ3n) is 2.49. The molecule has 0 aromatic heterocycles. The Balaban J connectivity index is 3.51. The summed E-state index contributed by atoms with van der Waals surface area (Å²) in [5.74, 6) is -1.27. The van der Waals surface area contributed by atoms with Crippen molar-refractivity contribution in [3.05, 3.63) is 28.8 Å². The zero-order valence-corrected chi connectivity index (χ0v) is 10.1. The summed E-state index contributed by atoms with van der Waals surface area (Å²) in [5.41, 5.74) is -1.84. The average molecular weight is 282 g/mol. The monoisotopic (exact) mass is 282 g/mol. The zero-order chi connectivity index (χ0) is 14.8. The molecule has 0 fully saturated rings. The van der Waals surface area contributed by atoms with Crippen LogP contribution in [0.4, 0.5) is 22.0 Å². The molecule has 106 valence electrons. The number of carbonyl (C=O) groups excluding carboxylic acids is 1. The van der Waals surface area contributed by atoms with Gasteiger partial charge in [-0.1, -0.05) is 6.92 Å². The van der Waals surface area contributed by atoms with Crippen LogP contribution in [0.5, 0.6) is 5.75 Å². The van der Waals surface area contributed by atoms with Crippen molar-refractivity contribution in [3.63, 3.8) is 0 Å². The molecule has 0 spiro atoms. The van der Waals surface area contributed by atoms with Crippen molar-refractivity contribution in [2.75, 3.05) is 0 Å². The minimum atomic E-state index is -4.74. The first-order valence-corrected chi connectivity index (χ1v) is 5.36. The Kier molecular flexibility index (Phi) is 4.49. The van der Waals surface area contributed by atoms with Crippen molar-refractivity contribution in [3.8, 4) is 5.75 Å². The van der Waals surface area contributed by atoms with Crippen LogP contribution in [0.1, 0.15) is 35.3 Å².